The molecule has 2 nitrogen and oxygen atoms in total. The predicted molar refractivity (Wildman–Crippen MR) is 85.0 cm³/mol. The first-order chi connectivity index (χ1) is 9.22. The smallest absolute Gasteiger partial charge is 0.202 e. The van der Waals surface area contributed by atoms with Crippen molar-refractivity contribution in [3.63, 3.8) is 0 Å². The van der Waals surface area contributed by atoms with Gasteiger partial charge in [0.05, 0.1) is 6.23 Å². The highest BCUT2D eigenvalue weighted by atomic mass is 28.3. The average Bonchev–Trinajstić information content (AvgIpc) is 2.44. The molecule has 106 valence electrons. The van der Waals surface area contributed by atoms with Crippen molar-refractivity contribution in [2.75, 3.05) is 19.9 Å². The zero-order chi connectivity index (χ0) is 14.1. The minimum absolute atomic E-state index is 0.401. The standard InChI is InChI=1S/C16H26O2Si/c1-5-11-19(13-17-4)18-12-14(3)16-10-8-7-9-15(16)6-2/h6-10,14,19H,2,5,11-13H2,1,3-4H3. The van der Waals surface area contributed by atoms with E-state index in [0.717, 1.165) is 12.8 Å². The van der Waals surface area contributed by atoms with Gasteiger partial charge >= 0.3 is 0 Å². The van der Waals surface area contributed by atoms with Crippen molar-refractivity contribution in [3.05, 3.63) is 42.0 Å². The normalized spacial score (nSPS) is 14.1. The van der Waals surface area contributed by atoms with Crippen LogP contribution in [0.15, 0.2) is 30.8 Å². The Kier molecular flexibility index (Phi) is 7.71. The van der Waals surface area contributed by atoms with Crippen molar-refractivity contribution in [3.8, 4) is 0 Å². The summed E-state index contributed by atoms with van der Waals surface area (Å²) in [6.07, 6.45) is 3.91. The second-order valence-electron chi connectivity index (χ2n) is 4.93. The quantitative estimate of drug-likeness (QED) is 0.640. The van der Waals surface area contributed by atoms with Crippen molar-refractivity contribution < 1.29 is 9.16 Å². The van der Waals surface area contributed by atoms with Crippen LogP contribution in [0, 0.1) is 0 Å². The number of ether oxygens (including phenoxy) is 1. The molecule has 0 saturated carbocycles. The van der Waals surface area contributed by atoms with E-state index < -0.39 is 9.04 Å². The van der Waals surface area contributed by atoms with Crippen LogP contribution in [0.25, 0.3) is 6.08 Å². The fourth-order valence-corrected chi connectivity index (χ4v) is 4.24. The van der Waals surface area contributed by atoms with Gasteiger partial charge in [0, 0.05) is 19.6 Å². The van der Waals surface area contributed by atoms with E-state index in [2.05, 4.69) is 38.6 Å². The molecule has 2 atom stereocenters. The molecule has 0 amide bonds. The van der Waals surface area contributed by atoms with Crippen LogP contribution in [0.3, 0.4) is 0 Å². The van der Waals surface area contributed by atoms with Gasteiger partial charge in [-0.3, -0.25) is 0 Å². The highest BCUT2D eigenvalue weighted by Crippen LogP contribution is 2.21. The largest absolute Gasteiger partial charge is 0.417 e. The molecule has 0 N–H and O–H groups in total. The molecular formula is C16H26O2Si. The summed E-state index contributed by atoms with van der Waals surface area (Å²) < 4.78 is 11.4. The summed E-state index contributed by atoms with van der Waals surface area (Å²) in [4.78, 5) is 0. The Labute approximate surface area is 119 Å². The Morgan fingerprint density at radius 2 is 2.11 bits per heavy atom. The second kappa shape index (κ2) is 9.07. The topological polar surface area (TPSA) is 18.5 Å². The summed E-state index contributed by atoms with van der Waals surface area (Å²) >= 11 is 0. The Morgan fingerprint density at radius 1 is 1.37 bits per heavy atom. The monoisotopic (exact) mass is 278 g/mol. The van der Waals surface area contributed by atoms with Gasteiger partial charge in [-0.05, 0) is 17.2 Å². The fourth-order valence-electron chi connectivity index (χ4n) is 2.24. The van der Waals surface area contributed by atoms with Crippen molar-refractivity contribution in [2.24, 2.45) is 0 Å². The Bertz CT molecular complexity index is 373. The van der Waals surface area contributed by atoms with Crippen molar-refractivity contribution >= 4 is 15.1 Å². The lowest BCUT2D eigenvalue weighted by atomic mass is 9.96. The third-order valence-electron chi connectivity index (χ3n) is 3.29. The number of methoxy groups -OCH3 is 1. The Morgan fingerprint density at radius 3 is 2.74 bits per heavy atom. The fraction of sp³-hybridized carbons (Fsp3) is 0.500. The van der Waals surface area contributed by atoms with Crippen LogP contribution in [0.2, 0.25) is 6.04 Å². The molecule has 0 aromatic heterocycles. The molecule has 0 bridgehead atoms. The van der Waals surface area contributed by atoms with Crippen molar-refractivity contribution in [1.29, 1.82) is 0 Å². The zero-order valence-electron chi connectivity index (χ0n) is 12.4. The SMILES string of the molecule is C=Cc1ccccc1C(C)CO[SiH](CCC)COC. The van der Waals surface area contributed by atoms with Gasteiger partial charge in [-0.1, -0.05) is 57.2 Å². The lowest BCUT2D eigenvalue weighted by Gasteiger charge is -2.20. The van der Waals surface area contributed by atoms with Crippen LogP contribution in [-0.2, 0) is 9.16 Å². The second-order valence-corrected chi connectivity index (χ2v) is 7.42. The van der Waals surface area contributed by atoms with Crippen LogP contribution in [0.4, 0.5) is 0 Å². The van der Waals surface area contributed by atoms with E-state index in [1.807, 2.05) is 12.1 Å². The van der Waals surface area contributed by atoms with Crippen LogP contribution in [-0.4, -0.2) is 29.0 Å². The lowest BCUT2D eigenvalue weighted by Crippen LogP contribution is -2.26. The molecule has 1 aromatic rings. The van der Waals surface area contributed by atoms with Crippen molar-refractivity contribution in [2.45, 2.75) is 32.2 Å². The molecule has 0 aliphatic carbocycles. The van der Waals surface area contributed by atoms with Gasteiger partial charge in [0.25, 0.3) is 0 Å². The molecule has 0 radical (unpaired) electrons. The number of rotatable bonds is 9. The van der Waals surface area contributed by atoms with Gasteiger partial charge in [-0.15, -0.1) is 0 Å². The van der Waals surface area contributed by atoms with E-state index in [4.69, 9.17) is 9.16 Å². The van der Waals surface area contributed by atoms with E-state index in [1.54, 1.807) is 7.11 Å². The minimum Gasteiger partial charge on any atom is -0.417 e. The molecular weight excluding hydrogens is 252 g/mol. The Hall–Kier alpha value is -0.903. The van der Waals surface area contributed by atoms with Gasteiger partial charge in [0.2, 0.25) is 9.04 Å². The molecule has 19 heavy (non-hydrogen) atoms. The van der Waals surface area contributed by atoms with E-state index in [0.29, 0.717) is 5.92 Å². The molecule has 3 heteroatoms. The molecule has 2 unspecified atom stereocenters. The van der Waals surface area contributed by atoms with Crippen molar-refractivity contribution in [1.82, 2.24) is 0 Å². The summed E-state index contributed by atoms with van der Waals surface area (Å²) in [5.41, 5.74) is 2.53. The van der Waals surface area contributed by atoms with Crippen LogP contribution in [0.1, 0.15) is 37.3 Å². The highest BCUT2D eigenvalue weighted by molar-refractivity contribution is 6.51. The molecule has 0 aliphatic rings. The van der Waals surface area contributed by atoms with E-state index >= 15 is 0 Å². The van der Waals surface area contributed by atoms with Gasteiger partial charge in [0.15, 0.2) is 0 Å². The Balaban J connectivity index is 2.58. The summed E-state index contributed by atoms with van der Waals surface area (Å²) in [6.45, 7) is 9.08. The van der Waals surface area contributed by atoms with E-state index in [1.165, 1.54) is 23.6 Å². The summed E-state index contributed by atoms with van der Waals surface area (Å²) in [6, 6.07) is 9.58. The maximum atomic E-state index is 6.12. The molecule has 0 spiro atoms. The summed E-state index contributed by atoms with van der Waals surface area (Å²) in [5, 5.41) is 0. The highest BCUT2D eigenvalue weighted by Gasteiger charge is 2.14. The summed E-state index contributed by atoms with van der Waals surface area (Å²) in [7, 11) is 0.573. The number of hydrogen-bond donors (Lipinski definition) is 0. The molecule has 0 heterocycles. The first-order valence-electron chi connectivity index (χ1n) is 7.04. The maximum absolute atomic E-state index is 6.12. The van der Waals surface area contributed by atoms with Crippen LogP contribution in [0.5, 0.6) is 0 Å². The van der Waals surface area contributed by atoms with Gasteiger partial charge in [-0.2, -0.15) is 0 Å². The minimum atomic E-state index is -1.19. The maximum Gasteiger partial charge on any atom is 0.202 e. The van der Waals surface area contributed by atoms with Crippen LogP contribution >= 0.6 is 0 Å². The molecule has 0 saturated heterocycles. The molecule has 0 fully saturated rings. The van der Waals surface area contributed by atoms with E-state index in [-0.39, 0.29) is 0 Å². The zero-order valence-corrected chi connectivity index (χ0v) is 13.5. The first-order valence-corrected chi connectivity index (χ1v) is 9.15. The number of benzene rings is 1. The van der Waals surface area contributed by atoms with Gasteiger partial charge in [-0.25, -0.2) is 0 Å². The third kappa shape index (κ3) is 5.31. The third-order valence-corrected chi connectivity index (χ3v) is 5.88. The lowest BCUT2D eigenvalue weighted by molar-refractivity contribution is 0.212. The first kappa shape index (κ1) is 16.2. The van der Waals surface area contributed by atoms with E-state index in [9.17, 15) is 0 Å². The predicted octanol–water partition coefficient (Wildman–Crippen LogP) is 3.77. The van der Waals surface area contributed by atoms with Gasteiger partial charge < -0.3 is 9.16 Å². The average molecular weight is 278 g/mol. The van der Waals surface area contributed by atoms with Crippen LogP contribution < -0.4 is 0 Å². The number of hydrogen-bond acceptors (Lipinski definition) is 2. The molecule has 1 rings (SSSR count). The molecule has 1 aromatic carbocycles. The summed E-state index contributed by atoms with van der Waals surface area (Å²) in [5.74, 6) is 0.401. The molecule has 0 aliphatic heterocycles. The van der Waals surface area contributed by atoms with Gasteiger partial charge in [0.1, 0.15) is 0 Å².